The van der Waals surface area contributed by atoms with E-state index in [1.54, 1.807) is 6.07 Å². The van der Waals surface area contributed by atoms with E-state index in [1.807, 2.05) is 18.0 Å². The number of hydrogen-bond donors (Lipinski definition) is 1. The molecule has 1 N–H and O–H groups in total. The Bertz CT molecular complexity index is 558. The second-order valence-corrected chi connectivity index (χ2v) is 4.89. The normalized spacial score (nSPS) is 21.9. The number of alkyl carbamates (subject to hydrolysis) is 1. The van der Waals surface area contributed by atoms with E-state index in [0.29, 0.717) is 10.6 Å². The smallest absolute Gasteiger partial charge is 0.415 e. The van der Waals surface area contributed by atoms with Crippen molar-refractivity contribution in [1.29, 1.82) is 0 Å². The fourth-order valence-corrected chi connectivity index (χ4v) is 2.74. The van der Waals surface area contributed by atoms with Crippen molar-refractivity contribution in [3.8, 4) is 0 Å². The molecule has 6 heteroatoms. The Hall–Kier alpha value is -1.75. The molecule has 1 saturated heterocycles. The second kappa shape index (κ2) is 3.88. The van der Waals surface area contributed by atoms with Crippen LogP contribution >= 0.6 is 11.6 Å². The lowest BCUT2D eigenvalue weighted by Gasteiger charge is -2.19. The van der Waals surface area contributed by atoms with Crippen LogP contribution in [0, 0.1) is 0 Å². The fourth-order valence-electron chi connectivity index (χ4n) is 2.50. The second-order valence-electron chi connectivity index (χ2n) is 4.45. The summed E-state index contributed by atoms with van der Waals surface area (Å²) in [4.78, 5) is 24.8. The molecule has 2 aliphatic rings. The number of imide groups is 1. The van der Waals surface area contributed by atoms with Gasteiger partial charge in [-0.1, -0.05) is 11.6 Å². The number of likely N-dealkylation sites (N-methyl/N-ethyl adjacent to an activating group) is 1. The molecule has 2 amide bonds. The van der Waals surface area contributed by atoms with Gasteiger partial charge in [-0.05, 0) is 24.1 Å². The highest BCUT2D eigenvalue weighted by atomic mass is 35.5. The number of nitrogens with zero attached hydrogens (tertiary/aromatic N) is 1. The van der Waals surface area contributed by atoms with Gasteiger partial charge in [0.15, 0.2) is 0 Å². The molecule has 0 aliphatic carbocycles. The largest absolute Gasteiger partial charge is 0.431 e. The molecule has 1 aromatic rings. The number of cyclic esters (lactones) is 1. The number of fused-ring (bicyclic) bond motifs is 1. The minimum absolute atomic E-state index is 0.440. The first-order chi connectivity index (χ1) is 8.56. The Kier molecular flexibility index (Phi) is 2.45. The molecule has 2 aliphatic heterocycles. The molecule has 94 valence electrons. The van der Waals surface area contributed by atoms with Crippen LogP contribution in [0.25, 0.3) is 0 Å². The Morgan fingerprint density at radius 3 is 2.89 bits per heavy atom. The Labute approximate surface area is 109 Å². The number of benzene rings is 1. The average Bonchev–Trinajstić information content (AvgIpc) is 2.82. The van der Waals surface area contributed by atoms with Crippen LogP contribution in [0.4, 0.5) is 10.5 Å². The number of halogens is 1. The highest BCUT2D eigenvalue weighted by molar-refractivity contribution is 6.31. The summed E-state index contributed by atoms with van der Waals surface area (Å²) in [6, 6.07) is 3.57. The van der Waals surface area contributed by atoms with Crippen LogP contribution in [0.3, 0.4) is 0 Å². The lowest BCUT2D eigenvalue weighted by atomic mass is 10.0. The number of carbonyl (C=O) groups is 2. The van der Waals surface area contributed by atoms with E-state index < -0.39 is 18.1 Å². The van der Waals surface area contributed by atoms with Gasteiger partial charge in [0.05, 0.1) is 0 Å². The molecule has 3 rings (SSSR count). The topological polar surface area (TPSA) is 58.6 Å². The molecule has 1 atom stereocenters. The summed E-state index contributed by atoms with van der Waals surface area (Å²) in [5.41, 5.74) is 2.67. The Morgan fingerprint density at radius 1 is 1.44 bits per heavy atom. The van der Waals surface area contributed by atoms with E-state index >= 15 is 0 Å². The molecule has 0 aromatic heterocycles. The minimum Gasteiger partial charge on any atom is -0.431 e. The third-order valence-corrected chi connectivity index (χ3v) is 3.47. The van der Waals surface area contributed by atoms with Gasteiger partial charge in [0.2, 0.25) is 6.10 Å². The Morgan fingerprint density at radius 2 is 2.22 bits per heavy atom. The van der Waals surface area contributed by atoms with Crippen LogP contribution in [0.15, 0.2) is 12.1 Å². The van der Waals surface area contributed by atoms with E-state index in [0.717, 1.165) is 24.2 Å². The highest BCUT2D eigenvalue weighted by Crippen LogP contribution is 2.39. The van der Waals surface area contributed by atoms with Crippen LogP contribution in [-0.4, -0.2) is 25.6 Å². The summed E-state index contributed by atoms with van der Waals surface area (Å²) in [7, 11) is 1.94. The number of ether oxygens (including phenoxy) is 1. The minimum atomic E-state index is -0.898. The van der Waals surface area contributed by atoms with Crippen LogP contribution in [0.2, 0.25) is 5.02 Å². The zero-order valence-electron chi connectivity index (χ0n) is 9.70. The number of nitrogens with one attached hydrogen (secondary N) is 1. The molecule has 0 radical (unpaired) electrons. The number of rotatable bonds is 1. The van der Waals surface area contributed by atoms with Gasteiger partial charge in [0.1, 0.15) is 0 Å². The molecule has 1 fully saturated rings. The number of hydrogen-bond acceptors (Lipinski definition) is 4. The first-order valence-corrected chi connectivity index (χ1v) is 5.99. The van der Waals surface area contributed by atoms with Crippen molar-refractivity contribution in [3.05, 3.63) is 28.3 Å². The lowest BCUT2D eigenvalue weighted by molar-refractivity contribution is -0.123. The monoisotopic (exact) mass is 266 g/mol. The van der Waals surface area contributed by atoms with E-state index in [4.69, 9.17) is 16.3 Å². The third kappa shape index (κ3) is 1.62. The molecular formula is C12H11ClN2O3. The summed E-state index contributed by atoms with van der Waals surface area (Å²) in [5.74, 6) is -0.440. The maximum Gasteiger partial charge on any atom is 0.415 e. The summed E-state index contributed by atoms with van der Waals surface area (Å²) in [5, 5.41) is 2.68. The van der Waals surface area contributed by atoms with Crippen molar-refractivity contribution >= 4 is 29.3 Å². The molecule has 5 nitrogen and oxygen atoms in total. The lowest BCUT2D eigenvalue weighted by Crippen LogP contribution is -2.22. The number of anilines is 1. The maximum atomic E-state index is 11.7. The van der Waals surface area contributed by atoms with Gasteiger partial charge in [-0.3, -0.25) is 10.1 Å². The summed E-state index contributed by atoms with van der Waals surface area (Å²) in [6.07, 6.45) is -0.730. The average molecular weight is 267 g/mol. The van der Waals surface area contributed by atoms with Gasteiger partial charge in [0.25, 0.3) is 5.91 Å². The zero-order chi connectivity index (χ0) is 12.9. The van der Waals surface area contributed by atoms with Crippen LogP contribution in [-0.2, 0) is 16.0 Å². The molecule has 0 bridgehead atoms. The van der Waals surface area contributed by atoms with Gasteiger partial charge < -0.3 is 9.64 Å². The predicted molar refractivity (Wildman–Crippen MR) is 65.8 cm³/mol. The molecule has 2 heterocycles. The fraction of sp³-hybridized carbons (Fsp3) is 0.333. The third-order valence-electron chi connectivity index (χ3n) is 3.25. The molecule has 0 saturated carbocycles. The van der Waals surface area contributed by atoms with Crippen LogP contribution in [0.5, 0.6) is 0 Å². The van der Waals surface area contributed by atoms with Gasteiger partial charge in [-0.15, -0.1) is 0 Å². The standard InChI is InChI=1S/C12H11ClN2O3/c1-15-3-2-6-4-7(13)5-8(9(6)15)10-11(16)14-12(17)18-10/h4-5,10H,2-3H2,1H3,(H,14,16,17). The van der Waals surface area contributed by atoms with E-state index in [1.165, 1.54) is 0 Å². The summed E-state index contributed by atoms with van der Waals surface area (Å²) >= 11 is 6.05. The predicted octanol–water partition coefficient (Wildman–Crippen LogP) is 1.64. The number of carbonyl (C=O) groups excluding carboxylic acids is 2. The first kappa shape index (κ1) is 11.3. The van der Waals surface area contributed by atoms with E-state index in [2.05, 4.69) is 5.32 Å². The maximum absolute atomic E-state index is 11.7. The van der Waals surface area contributed by atoms with Crippen molar-refractivity contribution in [2.24, 2.45) is 0 Å². The van der Waals surface area contributed by atoms with E-state index in [-0.39, 0.29) is 0 Å². The molecule has 1 unspecified atom stereocenters. The van der Waals surface area contributed by atoms with Crippen molar-refractivity contribution in [2.75, 3.05) is 18.5 Å². The molecule has 18 heavy (non-hydrogen) atoms. The van der Waals surface area contributed by atoms with Crippen molar-refractivity contribution in [3.63, 3.8) is 0 Å². The van der Waals surface area contributed by atoms with Gasteiger partial charge in [-0.2, -0.15) is 0 Å². The zero-order valence-corrected chi connectivity index (χ0v) is 10.5. The quantitative estimate of drug-likeness (QED) is 0.840. The van der Waals surface area contributed by atoms with Crippen molar-refractivity contribution in [2.45, 2.75) is 12.5 Å². The van der Waals surface area contributed by atoms with Crippen LogP contribution < -0.4 is 10.2 Å². The van der Waals surface area contributed by atoms with Crippen LogP contribution in [0.1, 0.15) is 17.2 Å². The first-order valence-electron chi connectivity index (χ1n) is 5.61. The van der Waals surface area contributed by atoms with Gasteiger partial charge >= 0.3 is 6.09 Å². The van der Waals surface area contributed by atoms with Gasteiger partial charge in [-0.25, -0.2) is 4.79 Å². The van der Waals surface area contributed by atoms with Crippen molar-refractivity contribution < 1.29 is 14.3 Å². The van der Waals surface area contributed by atoms with E-state index in [9.17, 15) is 9.59 Å². The SMILES string of the molecule is CN1CCc2cc(Cl)cc(C3OC(=O)NC3=O)c21. The summed E-state index contributed by atoms with van der Waals surface area (Å²) in [6.45, 7) is 0.866. The number of amides is 2. The summed E-state index contributed by atoms with van der Waals surface area (Å²) < 4.78 is 5.00. The van der Waals surface area contributed by atoms with Crippen molar-refractivity contribution in [1.82, 2.24) is 5.32 Å². The Balaban J connectivity index is 2.12. The molecule has 1 aromatic carbocycles. The molecule has 0 spiro atoms. The molecular weight excluding hydrogens is 256 g/mol. The highest BCUT2D eigenvalue weighted by Gasteiger charge is 2.37. The van der Waals surface area contributed by atoms with Gasteiger partial charge in [0, 0.05) is 29.9 Å².